The third-order valence-electron chi connectivity index (χ3n) is 2.83. The summed E-state index contributed by atoms with van der Waals surface area (Å²) >= 11 is 0. The summed E-state index contributed by atoms with van der Waals surface area (Å²) in [4.78, 5) is 10.2. The minimum absolute atomic E-state index is 0.0537. The fourth-order valence-corrected chi connectivity index (χ4v) is 1.92. The van der Waals surface area contributed by atoms with E-state index < -0.39 is 6.17 Å². The zero-order valence-electron chi connectivity index (χ0n) is 9.09. The Kier molecular flexibility index (Phi) is 3.32. The van der Waals surface area contributed by atoms with Crippen LogP contribution in [0, 0.1) is 21.4 Å². The van der Waals surface area contributed by atoms with E-state index in [4.69, 9.17) is 5.26 Å². The summed E-state index contributed by atoms with van der Waals surface area (Å²) in [5, 5.41) is 25.5. The molecule has 1 aliphatic rings. The van der Waals surface area contributed by atoms with Crippen LogP contribution < -0.4 is 10.6 Å². The van der Waals surface area contributed by atoms with Gasteiger partial charge in [-0.1, -0.05) is 18.2 Å². The maximum absolute atomic E-state index is 10.6. The molecule has 2 N–H and O–H groups in total. The predicted molar refractivity (Wildman–Crippen MR) is 60.7 cm³/mol. The molecule has 0 saturated carbocycles. The molecule has 2 unspecified atom stereocenters. The third kappa shape index (κ3) is 2.41. The molecule has 0 aromatic heterocycles. The zero-order valence-corrected chi connectivity index (χ0v) is 9.09. The molecule has 17 heavy (non-hydrogen) atoms. The van der Waals surface area contributed by atoms with E-state index in [1.807, 2.05) is 12.1 Å². The van der Waals surface area contributed by atoms with Gasteiger partial charge in [0, 0.05) is 17.5 Å². The van der Waals surface area contributed by atoms with Gasteiger partial charge in [-0.3, -0.25) is 15.4 Å². The Morgan fingerprint density at radius 1 is 1.35 bits per heavy atom. The van der Waals surface area contributed by atoms with Gasteiger partial charge in [-0.2, -0.15) is 5.26 Å². The molecule has 1 heterocycles. The van der Waals surface area contributed by atoms with Crippen LogP contribution in [0.3, 0.4) is 0 Å². The highest BCUT2D eigenvalue weighted by Crippen LogP contribution is 2.18. The van der Waals surface area contributed by atoms with Crippen LogP contribution in [-0.4, -0.2) is 24.2 Å². The molecule has 88 valence electrons. The summed E-state index contributed by atoms with van der Waals surface area (Å²) in [5.41, 5.74) is 1.48. The number of hydrogen-bond acceptors (Lipinski definition) is 5. The average molecular weight is 232 g/mol. The second-order valence-electron chi connectivity index (χ2n) is 3.87. The Hall–Kier alpha value is -1.97. The third-order valence-corrected chi connectivity index (χ3v) is 2.83. The number of rotatable bonds is 2. The van der Waals surface area contributed by atoms with Crippen molar-refractivity contribution in [2.45, 2.75) is 12.2 Å². The van der Waals surface area contributed by atoms with Crippen LogP contribution in [0.1, 0.15) is 17.2 Å². The lowest BCUT2D eigenvalue weighted by atomic mass is 9.99. The van der Waals surface area contributed by atoms with Crippen molar-refractivity contribution in [1.29, 1.82) is 5.26 Å². The van der Waals surface area contributed by atoms with E-state index in [2.05, 4.69) is 16.7 Å². The van der Waals surface area contributed by atoms with E-state index >= 15 is 0 Å². The summed E-state index contributed by atoms with van der Waals surface area (Å²) < 4.78 is 0. The number of piperazine rings is 1. The van der Waals surface area contributed by atoms with Gasteiger partial charge in [-0.05, 0) is 11.6 Å². The van der Waals surface area contributed by atoms with E-state index in [-0.39, 0.29) is 17.5 Å². The van der Waals surface area contributed by atoms with Crippen molar-refractivity contribution < 1.29 is 4.92 Å². The maximum Gasteiger partial charge on any atom is 0.278 e. The SMILES string of the molecule is N#Cc1ccccc1C1CNC([N+](=O)[O-])CN1. The Bertz CT molecular complexity index is 461. The predicted octanol–water partition coefficient (Wildman–Crippen LogP) is 0.395. The molecule has 1 aromatic carbocycles. The Morgan fingerprint density at radius 2 is 2.12 bits per heavy atom. The molecule has 1 aliphatic heterocycles. The highest BCUT2D eigenvalue weighted by Gasteiger charge is 2.28. The monoisotopic (exact) mass is 232 g/mol. The van der Waals surface area contributed by atoms with Crippen molar-refractivity contribution in [1.82, 2.24) is 10.6 Å². The van der Waals surface area contributed by atoms with Gasteiger partial charge in [0.25, 0.3) is 6.17 Å². The Morgan fingerprint density at radius 3 is 2.71 bits per heavy atom. The molecule has 0 amide bonds. The van der Waals surface area contributed by atoms with Gasteiger partial charge >= 0.3 is 0 Å². The molecule has 0 radical (unpaired) electrons. The van der Waals surface area contributed by atoms with Gasteiger partial charge in [0.15, 0.2) is 0 Å². The first kappa shape index (κ1) is 11.5. The number of hydrogen-bond donors (Lipinski definition) is 2. The zero-order chi connectivity index (χ0) is 12.3. The highest BCUT2D eigenvalue weighted by atomic mass is 16.6. The van der Waals surface area contributed by atoms with Crippen LogP contribution in [0.25, 0.3) is 0 Å². The number of benzene rings is 1. The van der Waals surface area contributed by atoms with E-state index in [9.17, 15) is 10.1 Å². The number of nitro groups is 1. The standard InChI is InChI=1S/C11H12N4O2/c12-5-8-3-1-2-4-9(8)10-6-14-11(7-13-10)15(16)17/h1-4,10-11,13-14H,6-7H2. The number of nitrogens with one attached hydrogen (secondary N) is 2. The summed E-state index contributed by atoms with van der Waals surface area (Å²) in [6.45, 7) is 0.710. The molecule has 0 aliphatic carbocycles. The second-order valence-corrected chi connectivity index (χ2v) is 3.87. The van der Waals surface area contributed by atoms with E-state index in [1.54, 1.807) is 12.1 Å². The number of nitrogens with zero attached hydrogens (tertiary/aromatic N) is 2. The van der Waals surface area contributed by atoms with E-state index in [0.29, 0.717) is 12.1 Å². The van der Waals surface area contributed by atoms with Crippen molar-refractivity contribution in [2.75, 3.05) is 13.1 Å². The molecule has 0 spiro atoms. The molecule has 1 aromatic rings. The highest BCUT2D eigenvalue weighted by molar-refractivity contribution is 5.39. The first-order valence-electron chi connectivity index (χ1n) is 5.31. The lowest BCUT2D eigenvalue weighted by Crippen LogP contribution is -2.53. The molecule has 2 atom stereocenters. The van der Waals surface area contributed by atoms with Gasteiger partial charge in [-0.15, -0.1) is 0 Å². The molecule has 6 nitrogen and oxygen atoms in total. The first-order valence-corrected chi connectivity index (χ1v) is 5.31. The molecule has 2 rings (SSSR count). The van der Waals surface area contributed by atoms with Crippen LogP contribution in [0.4, 0.5) is 0 Å². The van der Waals surface area contributed by atoms with Crippen molar-refractivity contribution in [2.24, 2.45) is 0 Å². The Balaban J connectivity index is 2.11. The van der Waals surface area contributed by atoms with Crippen LogP contribution in [0.15, 0.2) is 24.3 Å². The lowest BCUT2D eigenvalue weighted by molar-refractivity contribution is -0.529. The second kappa shape index (κ2) is 4.91. The summed E-state index contributed by atoms with van der Waals surface area (Å²) in [5.74, 6) is 0. The van der Waals surface area contributed by atoms with Crippen molar-refractivity contribution in [3.8, 4) is 6.07 Å². The van der Waals surface area contributed by atoms with Crippen LogP contribution in [0.2, 0.25) is 0 Å². The normalized spacial score (nSPS) is 23.9. The fourth-order valence-electron chi connectivity index (χ4n) is 1.92. The molecule has 1 fully saturated rings. The summed E-state index contributed by atoms with van der Waals surface area (Å²) in [6, 6.07) is 9.35. The van der Waals surface area contributed by atoms with Gasteiger partial charge < -0.3 is 5.32 Å². The largest absolute Gasteiger partial charge is 0.301 e. The van der Waals surface area contributed by atoms with Crippen LogP contribution >= 0.6 is 0 Å². The minimum Gasteiger partial charge on any atom is -0.301 e. The number of nitriles is 1. The van der Waals surface area contributed by atoms with Crippen molar-refractivity contribution >= 4 is 0 Å². The van der Waals surface area contributed by atoms with Gasteiger partial charge in [0.1, 0.15) is 0 Å². The van der Waals surface area contributed by atoms with Crippen LogP contribution in [0.5, 0.6) is 0 Å². The molecular weight excluding hydrogens is 220 g/mol. The van der Waals surface area contributed by atoms with E-state index in [0.717, 1.165) is 5.56 Å². The van der Waals surface area contributed by atoms with Gasteiger partial charge in [0.2, 0.25) is 0 Å². The minimum atomic E-state index is -0.750. The topological polar surface area (TPSA) is 91.0 Å². The molecule has 1 saturated heterocycles. The maximum atomic E-state index is 10.6. The Labute approximate surface area is 98.4 Å². The quantitative estimate of drug-likeness (QED) is 0.568. The molecule has 6 heteroatoms. The summed E-state index contributed by atoms with van der Waals surface area (Å²) in [7, 11) is 0. The van der Waals surface area contributed by atoms with Gasteiger partial charge in [-0.25, -0.2) is 0 Å². The first-order chi connectivity index (χ1) is 8.22. The van der Waals surface area contributed by atoms with E-state index in [1.165, 1.54) is 0 Å². The van der Waals surface area contributed by atoms with Gasteiger partial charge in [0.05, 0.1) is 18.2 Å². The molecular formula is C11H12N4O2. The fraction of sp³-hybridized carbons (Fsp3) is 0.364. The average Bonchev–Trinajstić information content (AvgIpc) is 2.39. The van der Waals surface area contributed by atoms with Crippen LogP contribution in [-0.2, 0) is 0 Å². The summed E-state index contributed by atoms with van der Waals surface area (Å²) in [6.07, 6.45) is -0.750. The smallest absolute Gasteiger partial charge is 0.278 e. The molecule has 0 bridgehead atoms. The lowest BCUT2D eigenvalue weighted by Gasteiger charge is -2.27. The van der Waals surface area contributed by atoms with Crippen molar-refractivity contribution in [3.63, 3.8) is 0 Å². The van der Waals surface area contributed by atoms with Crippen molar-refractivity contribution in [3.05, 3.63) is 45.5 Å².